The molecular formula is C11H11N3O4. The monoisotopic (exact) mass is 249 g/mol. The Morgan fingerprint density at radius 3 is 2.72 bits per heavy atom. The molecule has 3 N–H and O–H groups in total. The predicted octanol–water partition coefficient (Wildman–Crippen LogP) is 0.676. The molecule has 0 amide bonds. The van der Waals surface area contributed by atoms with E-state index in [1.807, 2.05) is 0 Å². The number of aromatic nitrogens is 3. The van der Waals surface area contributed by atoms with Gasteiger partial charge < -0.3 is 10.2 Å². The van der Waals surface area contributed by atoms with Crippen molar-refractivity contribution < 1.29 is 19.8 Å². The second-order valence-electron chi connectivity index (χ2n) is 3.95. The summed E-state index contributed by atoms with van der Waals surface area (Å²) < 4.78 is 0. The van der Waals surface area contributed by atoms with Crippen LogP contribution in [0, 0.1) is 5.92 Å². The Kier molecular flexibility index (Phi) is 3.22. The van der Waals surface area contributed by atoms with Crippen molar-refractivity contribution in [1.82, 2.24) is 15.4 Å². The summed E-state index contributed by atoms with van der Waals surface area (Å²) in [7, 11) is 0. The maximum Gasteiger partial charge on any atom is 0.307 e. The van der Waals surface area contributed by atoms with Crippen LogP contribution >= 0.6 is 0 Å². The Labute approximate surface area is 101 Å². The molecule has 0 radical (unpaired) electrons. The molecule has 0 saturated heterocycles. The summed E-state index contributed by atoms with van der Waals surface area (Å²) in [4.78, 5) is 21.6. The SMILES string of the molecule is O=C(O)CC(Cc1cccc2n[nH]nc12)C(=O)O. The highest BCUT2D eigenvalue weighted by Crippen LogP contribution is 2.19. The number of fused-ring (bicyclic) bond motifs is 1. The zero-order valence-corrected chi connectivity index (χ0v) is 9.33. The van der Waals surface area contributed by atoms with E-state index in [4.69, 9.17) is 10.2 Å². The predicted molar refractivity (Wildman–Crippen MR) is 61.0 cm³/mol. The Morgan fingerprint density at radius 1 is 1.28 bits per heavy atom. The number of benzene rings is 1. The van der Waals surface area contributed by atoms with E-state index >= 15 is 0 Å². The number of nitrogens with one attached hydrogen (secondary N) is 1. The van der Waals surface area contributed by atoms with E-state index in [9.17, 15) is 9.59 Å². The number of nitrogens with zero attached hydrogens (tertiary/aromatic N) is 2. The summed E-state index contributed by atoms with van der Waals surface area (Å²) in [5.74, 6) is -3.22. The van der Waals surface area contributed by atoms with Gasteiger partial charge in [-0.2, -0.15) is 15.4 Å². The minimum Gasteiger partial charge on any atom is -0.481 e. The Morgan fingerprint density at radius 2 is 2.06 bits per heavy atom. The van der Waals surface area contributed by atoms with Gasteiger partial charge >= 0.3 is 11.9 Å². The molecule has 7 nitrogen and oxygen atoms in total. The lowest BCUT2D eigenvalue weighted by Crippen LogP contribution is -2.20. The van der Waals surface area contributed by atoms with Crippen molar-refractivity contribution in [2.75, 3.05) is 0 Å². The van der Waals surface area contributed by atoms with Gasteiger partial charge in [-0.25, -0.2) is 0 Å². The number of hydrogen-bond donors (Lipinski definition) is 3. The highest BCUT2D eigenvalue weighted by molar-refractivity contribution is 5.81. The first-order chi connectivity index (χ1) is 8.58. The third-order valence-corrected chi connectivity index (χ3v) is 2.67. The molecule has 0 aliphatic carbocycles. The Balaban J connectivity index is 2.28. The molecule has 1 unspecified atom stereocenters. The van der Waals surface area contributed by atoms with Crippen LogP contribution in [0.1, 0.15) is 12.0 Å². The van der Waals surface area contributed by atoms with Crippen molar-refractivity contribution >= 4 is 23.0 Å². The lowest BCUT2D eigenvalue weighted by molar-refractivity contribution is -0.148. The van der Waals surface area contributed by atoms with Gasteiger partial charge in [0.05, 0.1) is 12.3 Å². The van der Waals surface area contributed by atoms with Crippen LogP contribution in [0.5, 0.6) is 0 Å². The number of H-pyrrole nitrogens is 1. The molecule has 0 saturated carbocycles. The number of carboxylic acid groups (broad SMARTS) is 2. The average Bonchev–Trinajstić information content (AvgIpc) is 2.76. The smallest absolute Gasteiger partial charge is 0.307 e. The lowest BCUT2D eigenvalue weighted by atomic mass is 9.95. The van der Waals surface area contributed by atoms with Gasteiger partial charge in [-0.15, -0.1) is 0 Å². The van der Waals surface area contributed by atoms with Crippen molar-refractivity contribution in [3.63, 3.8) is 0 Å². The number of carbonyl (C=O) groups is 2. The van der Waals surface area contributed by atoms with Crippen molar-refractivity contribution in [3.05, 3.63) is 23.8 Å². The van der Waals surface area contributed by atoms with Gasteiger partial charge in [0.15, 0.2) is 0 Å². The van der Waals surface area contributed by atoms with Crippen molar-refractivity contribution in [2.24, 2.45) is 5.92 Å². The summed E-state index contributed by atoms with van der Waals surface area (Å²) in [6.07, 6.45) is -0.297. The van der Waals surface area contributed by atoms with Gasteiger partial charge in [0.25, 0.3) is 0 Å². The van der Waals surface area contributed by atoms with E-state index in [1.165, 1.54) is 0 Å². The summed E-state index contributed by atoms with van der Waals surface area (Å²) in [5, 5.41) is 28.0. The number of rotatable bonds is 5. The van der Waals surface area contributed by atoms with Crippen LogP contribution in [-0.4, -0.2) is 37.6 Å². The van der Waals surface area contributed by atoms with Crippen LogP contribution in [0.3, 0.4) is 0 Å². The topological polar surface area (TPSA) is 116 Å². The first kappa shape index (κ1) is 12.0. The Bertz CT molecular complexity index is 593. The third-order valence-electron chi connectivity index (χ3n) is 2.67. The molecule has 0 spiro atoms. The van der Waals surface area contributed by atoms with E-state index in [0.29, 0.717) is 16.6 Å². The van der Waals surface area contributed by atoms with Gasteiger partial charge in [0.1, 0.15) is 11.0 Å². The number of hydrogen-bond acceptors (Lipinski definition) is 4. The van der Waals surface area contributed by atoms with Crippen molar-refractivity contribution in [1.29, 1.82) is 0 Å². The summed E-state index contributed by atoms with van der Waals surface area (Å²) >= 11 is 0. The molecule has 1 aromatic heterocycles. The third kappa shape index (κ3) is 2.45. The van der Waals surface area contributed by atoms with Crippen LogP contribution in [0.2, 0.25) is 0 Å². The van der Waals surface area contributed by atoms with Gasteiger partial charge in [-0.05, 0) is 18.1 Å². The van der Waals surface area contributed by atoms with E-state index in [2.05, 4.69) is 15.4 Å². The first-order valence-electron chi connectivity index (χ1n) is 5.31. The number of aromatic amines is 1. The lowest BCUT2D eigenvalue weighted by Gasteiger charge is -2.09. The molecule has 0 fully saturated rings. The fourth-order valence-corrected chi connectivity index (χ4v) is 1.81. The van der Waals surface area contributed by atoms with Crippen LogP contribution in [0.4, 0.5) is 0 Å². The summed E-state index contributed by atoms with van der Waals surface area (Å²) in [6, 6.07) is 5.21. The van der Waals surface area contributed by atoms with E-state index in [-0.39, 0.29) is 6.42 Å². The molecule has 0 aliphatic rings. The molecule has 0 bridgehead atoms. The molecule has 2 rings (SSSR count). The number of para-hydroxylation sites is 1. The Hall–Kier alpha value is -2.44. The molecular weight excluding hydrogens is 238 g/mol. The van der Waals surface area contributed by atoms with Crippen LogP contribution in [0.15, 0.2) is 18.2 Å². The highest BCUT2D eigenvalue weighted by atomic mass is 16.4. The molecule has 1 atom stereocenters. The fraction of sp³-hybridized carbons (Fsp3) is 0.273. The molecule has 94 valence electrons. The second kappa shape index (κ2) is 4.82. The maximum atomic E-state index is 11.0. The largest absolute Gasteiger partial charge is 0.481 e. The summed E-state index contributed by atoms with van der Waals surface area (Å²) in [6.45, 7) is 0. The maximum absolute atomic E-state index is 11.0. The molecule has 0 aliphatic heterocycles. The van der Waals surface area contributed by atoms with Gasteiger partial charge in [-0.1, -0.05) is 12.1 Å². The normalized spacial score (nSPS) is 12.4. The van der Waals surface area contributed by atoms with Gasteiger partial charge in [0, 0.05) is 0 Å². The number of carboxylic acids is 2. The molecule has 18 heavy (non-hydrogen) atoms. The van der Waals surface area contributed by atoms with E-state index < -0.39 is 24.3 Å². The number of aliphatic carboxylic acids is 2. The van der Waals surface area contributed by atoms with E-state index in [0.717, 1.165) is 0 Å². The zero-order chi connectivity index (χ0) is 13.1. The summed E-state index contributed by atoms with van der Waals surface area (Å²) in [5.41, 5.74) is 1.89. The van der Waals surface area contributed by atoms with E-state index in [1.54, 1.807) is 18.2 Å². The minimum atomic E-state index is -1.13. The van der Waals surface area contributed by atoms with Gasteiger partial charge in [0.2, 0.25) is 0 Å². The minimum absolute atomic E-state index is 0.117. The molecule has 7 heteroatoms. The van der Waals surface area contributed by atoms with Crippen LogP contribution < -0.4 is 0 Å². The molecule has 2 aromatic rings. The first-order valence-corrected chi connectivity index (χ1v) is 5.31. The van der Waals surface area contributed by atoms with Crippen LogP contribution in [0.25, 0.3) is 11.0 Å². The fourth-order valence-electron chi connectivity index (χ4n) is 1.81. The van der Waals surface area contributed by atoms with Crippen LogP contribution in [-0.2, 0) is 16.0 Å². The van der Waals surface area contributed by atoms with Gasteiger partial charge in [-0.3, -0.25) is 9.59 Å². The molecule has 1 aromatic carbocycles. The zero-order valence-electron chi connectivity index (χ0n) is 9.33. The average molecular weight is 249 g/mol. The van der Waals surface area contributed by atoms with Crippen molar-refractivity contribution in [3.8, 4) is 0 Å². The standard InChI is InChI=1S/C11H11N3O4/c15-9(16)5-7(11(17)18)4-6-2-1-3-8-10(6)13-14-12-8/h1-3,7H,4-5H2,(H,15,16)(H,17,18)(H,12,13,14). The quantitative estimate of drug-likeness (QED) is 0.717. The molecule has 1 heterocycles. The van der Waals surface area contributed by atoms with Crippen molar-refractivity contribution in [2.45, 2.75) is 12.8 Å². The highest BCUT2D eigenvalue weighted by Gasteiger charge is 2.22. The second-order valence-corrected chi connectivity index (χ2v) is 3.95.